The van der Waals surface area contributed by atoms with Crippen molar-refractivity contribution in [3.63, 3.8) is 0 Å². The zero-order chi connectivity index (χ0) is 14.6. The van der Waals surface area contributed by atoms with Gasteiger partial charge in [0.15, 0.2) is 0 Å². The van der Waals surface area contributed by atoms with Gasteiger partial charge < -0.3 is 10.2 Å². The van der Waals surface area contributed by atoms with Gasteiger partial charge in [0.05, 0.1) is 18.2 Å². The molecule has 0 amide bonds. The van der Waals surface area contributed by atoms with Crippen molar-refractivity contribution in [3.8, 4) is 0 Å². The Morgan fingerprint density at radius 2 is 1.79 bits per heavy atom. The highest BCUT2D eigenvalue weighted by atomic mass is 79.9. The van der Waals surface area contributed by atoms with Crippen molar-refractivity contribution in [2.75, 3.05) is 26.3 Å². The van der Waals surface area contributed by atoms with Crippen LogP contribution in [-0.4, -0.2) is 49.2 Å². The Balaban J connectivity index is 3.28. The fraction of sp³-hybridized carbons (Fsp3) is 0.455. The Hall–Kier alpha value is -0.180. The van der Waals surface area contributed by atoms with E-state index in [0.29, 0.717) is 4.47 Å². The molecule has 0 aliphatic heterocycles. The lowest BCUT2D eigenvalue weighted by Crippen LogP contribution is -2.36. The van der Waals surface area contributed by atoms with E-state index in [0.717, 1.165) is 9.87 Å². The summed E-state index contributed by atoms with van der Waals surface area (Å²) in [7, 11) is -3.83. The van der Waals surface area contributed by atoms with Gasteiger partial charge >= 0.3 is 0 Å². The lowest BCUT2D eigenvalue weighted by atomic mass is 10.2. The topological polar surface area (TPSA) is 77.8 Å². The molecule has 0 unspecified atom stereocenters. The lowest BCUT2D eigenvalue weighted by Gasteiger charge is -2.21. The summed E-state index contributed by atoms with van der Waals surface area (Å²) >= 11 is 9.24. The van der Waals surface area contributed by atoms with Crippen LogP contribution in [0.2, 0.25) is 5.02 Å². The van der Waals surface area contributed by atoms with Gasteiger partial charge in [0.2, 0.25) is 10.0 Å². The van der Waals surface area contributed by atoms with Crippen LogP contribution in [-0.2, 0) is 10.0 Å². The average Bonchev–Trinajstić information content (AvgIpc) is 2.33. The molecular weight excluding hydrogens is 358 g/mol. The SMILES string of the molecule is Cc1cc(S(=O)(=O)N(CCO)CCO)c(Cl)cc1Br. The van der Waals surface area contributed by atoms with Crippen molar-refractivity contribution in [1.82, 2.24) is 4.31 Å². The lowest BCUT2D eigenvalue weighted by molar-refractivity contribution is 0.217. The van der Waals surface area contributed by atoms with E-state index in [-0.39, 0.29) is 36.2 Å². The number of aliphatic hydroxyl groups excluding tert-OH is 2. The summed E-state index contributed by atoms with van der Waals surface area (Å²) in [4.78, 5) is -0.0308. The number of nitrogens with zero attached hydrogens (tertiary/aromatic N) is 1. The maximum atomic E-state index is 12.4. The summed E-state index contributed by atoms with van der Waals surface area (Å²) in [5.41, 5.74) is 0.732. The fourth-order valence-electron chi connectivity index (χ4n) is 1.54. The molecule has 8 heteroatoms. The van der Waals surface area contributed by atoms with Crippen molar-refractivity contribution in [2.24, 2.45) is 0 Å². The smallest absolute Gasteiger partial charge is 0.244 e. The average molecular weight is 373 g/mol. The minimum absolute atomic E-state index is 0.0308. The molecule has 0 aromatic heterocycles. The van der Waals surface area contributed by atoms with E-state index in [2.05, 4.69) is 15.9 Å². The van der Waals surface area contributed by atoms with Gasteiger partial charge in [-0.1, -0.05) is 27.5 Å². The van der Waals surface area contributed by atoms with E-state index in [1.165, 1.54) is 12.1 Å². The second-order valence-electron chi connectivity index (χ2n) is 3.88. The van der Waals surface area contributed by atoms with Crippen LogP contribution in [0.5, 0.6) is 0 Å². The third kappa shape index (κ3) is 3.90. The molecule has 19 heavy (non-hydrogen) atoms. The first-order valence-electron chi connectivity index (χ1n) is 5.52. The standard InChI is InChI=1S/C11H15BrClNO4S/c1-8-6-11(10(13)7-9(8)12)19(17,18)14(2-4-15)3-5-16/h6-7,15-16H,2-5H2,1H3. The first-order chi connectivity index (χ1) is 8.84. The van der Waals surface area contributed by atoms with Gasteiger partial charge in [-0.2, -0.15) is 4.31 Å². The molecule has 0 atom stereocenters. The molecule has 0 fully saturated rings. The maximum Gasteiger partial charge on any atom is 0.244 e. The van der Waals surface area contributed by atoms with E-state index in [1.807, 2.05) is 0 Å². The van der Waals surface area contributed by atoms with Crippen LogP contribution in [0.4, 0.5) is 0 Å². The number of hydrogen-bond acceptors (Lipinski definition) is 4. The molecule has 0 saturated carbocycles. The van der Waals surface area contributed by atoms with Crippen molar-refractivity contribution >= 4 is 37.6 Å². The third-order valence-corrected chi connectivity index (χ3v) is 5.75. The first kappa shape index (κ1) is 16.9. The zero-order valence-corrected chi connectivity index (χ0v) is 13.5. The van der Waals surface area contributed by atoms with Crippen LogP contribution < -0.4 is 0 Å². The molecule has 0 bridgehead atoms. The van der Waals surface area contributed by atoms with Crippen molar-refractivity contribution in [3.05, 3.63) is 27.2 Å². The molecule has 0 aliphatic rings. The predicted molar refractivity (Wildman–Crippen MR) is 76.8 cm³/mol. The summed E-state index contributed by atoms with van der Waals surface area (Å²) in [5, 5.41) is 17.9. The van der Waals surface area contributed by atoms with Gasteiger partial charge in [0, 0.05) is 17.6 Å². The number of sulfonamides is 1. The van der Waals surface area contributed by atoms with Crippen molar-refractivity contribution < 1.29 is 18.6 Å². The molecule has 1 rings (SSSR count). The van der Waals surface area contributed by atoms with Gasteiger partial charge in [-0.05, 0) is 24.6 Å². The molecule has 2 N–H and O–H groups in total. The number of aryl methyl sites for hydroxylation is 1. The quantitative estimate of drug-likeness (QED) is 0.791. The summed E-state index contributed by atoms with van der Waals surface area (Å²) in [6, 6.07) is 2.98. The Bertz CT molecular complexity index is 544. The second kappa shape index (κ2) is 7.01. The monoisotopic (exact) mass is 371 g/mol. The van der Waals surface area contributed by atoms with Crippen LogP contribution in [0, 0.1) is 6.92 Å². The molecule has 0 radical (unpaired) electrons. The molecule has 1 aromatic carbocycles. The first-order valence-corrected chi connectivity index (χ1v) is 8.13. The molecule has 108 valence electrons. The van der Waals surface area contributed by atoms with Crippen molar-refractivity contribution in [2.45, 2.75) is 11.8 Å². The number of aliphatic hydroxyl groups is 2. The number of rotatable bonds is 6. The van der Waals surface area contributed by atoms with Crippen LogP contribution in [0.1, 0.15) is 5.56 Å². The minimum atomic E-state index is -3.83. The van der Waals surface area contributed by atoms with Gasteiger partial charge in [0.1, 0.15) is 4.90 Å². The molecule has 0 spiro atoms. The molecular formula is C11H15BrClNO4S. The molecule has 1 aromatic rings. The third-order valence-electron chi connectivity index (χ3n) is 2.53. The Morgan fingerprint density at radius 3 is 2.26 bits per heavy atom. The summed E-state index contributed by atoms with van der Waals surface area (Å²) in [6.07, 6.45) is 0. The highest BCUT2D eigenvalue weighted by Gasteiger charge is 2.26. The van der Waals surface area contributed by atoms with Gasteiger partial charge in [-0.3, -0.25) is 0 Å². The Labute approximate surface area is 126 Å². The van der Waals surface area contributed by atoms with Crippen molar-refractivity contribution in [1.29, 1.82) is 0 Å². The summed E-state index contributed by atoms with van der Waals surface area (Å²) in [6.45, 7) is 0.920. The molecule has 0 aliphatic carbocycles. The second-order valence-corrected chi connectivity index (χ2v) is 7.05. The van der Waals surface area contributed by atoms with Gasteiger partial charge in [-0.25, -0.2) is 8.42 Å². The Kier molecular flexibility index (Phi) is 6.22. The molecule has 5 nitrogen and oxygen atoms in total. The van der Waals surface area contributed by atoms with Crippen LogP contribution in [0.15, 0.2) is 21.5 Å². The zero-order valence-electron chi connectivity index (χ0n) is 10.3. The number of benzene rings is 1. The van der Waals surface area contributed by atoms with Gasteiger partial charge in [-0.15, -0.1) is 0 Å². The minimum Gasteiger partial charge on any atom is -0.395 e. The maximum absolute atomic E-state index is 12.4. The van der Waals surface area contributed by atoms with Crippen LogP contribution >= 0.6 is 27.5 Å². The largest absolute Gasteiger partial charge is 0.395 e. The molecule has 0 saturated heterocycles. The van der Waals surface area contributed by atoms with E-state index in [9.17, 15) is 8.42 Å². The number of halogens is 2. The predicted octanol–water partition coefficient (Wildman–Crippen LogP) is 1.39. The van der Waals surface area contributed by atoms with E-state index >= 15 is 0 Å². The highest BCUT2D eigenvalue weighted by Crippen LogP contribution is 2.30. The Morgan fingerprint density at radius 1 is 1.26 bits per heavy atom. The summed E-state index contributed by atoms with van der Waals surface area (Å²) < 4.78 is 26.5. The van der Waals surface area contributed by atoms with E-state index < -0.39 is 10.0 Å². The van der Waals surface area contributed by atoms with Crippen LogP contribution in [0.25, 0.3) is 0 Å². The van der Waals surface area contributed by atoms with Crippen LogP contribution in [0.3, 0.4) is 0 Å². The highest BCUT2D eigenvalue weighted by molar-refractivity contribution is 9.10. The molecule has 0 heterocycles. The van der Waals surface area contributed by atoms with E-state index in [1.54, 1.807) is 6.92 Å². The number of hydrogen-bond donors (Lipinski definition) is 2. The fourth-order valence-corrected chi connectivity index (χ4v) is 4.03. The van der Waals surface area contributed by atoms with Gasteiger partial charge in [0.25, 0.3) is 0 Å². The normalized spacial score (nSPS) is 12.1. The van der Waals surface area contributed by atoms with E-state index in [4.69, 9.17) is 21.8 Å². The summed E-state index contributed by atoms with van der Waals surface area (Å²) in [5.74, 6) is 0.